The minimum atomic E-state index is 0.698. The van der Waals surface area contributed by atoms with Crippen LogP contribution in [0.3, 0.4) is 0 Å². The average molecular weight is 164 g/mol. The Morgan fingerprint density at radius 3 is 3.08 bits per heavy atom. The van der Waals surface area contributed by atoms with Gasteiger partial charge in [-0.1, -0.05) is 0 Å². The first kappa shape index (κ1) is 7.87. The Bertz CT molecular complexity index is 286. The van der Waals surface area contributed by atoms with Crippen molar-refractivity contribution in [2.45, 2.75) is 39.3 Å². The van der Waals surface area contributed by atoms with Crippen LogP contribution in [0.15, 0.2) is 6.07 Å². The lowest BCUT2D eigenvalue weighted by molar-refractivity contribution is 0.521. The molecule has 0 saturated heterocycles. The van der Waals surface area contributed by atoms with Crippen molar-refractivity contribution in [2.75, 3.05) is 0 Å². The molecule has 0 radical (unpaired) electrons. The first-order valence-corrected chi connectivity index (χ1v) is 4.71. The highest BCUT2D eigenvalue weighted by molar-refractivity contribution is 5.28. The van der Waals surface area contributed by atoms with Crippen LogP contribution in [0.5, 0.6) is 0 Å². The molecule has 0 aromatic carbocycles. The van der Waals surface area contributed by atoms with Gasteiger partial charge in [-0.05, 0) is 37.8 Å². The molecule has 2 heteroatoms. The Kier molecular flexibility index (Phi) is 1.93. The van der Waals surface area contributed by atoms with E-state index in [9.17, 15) is 0 Å². The van der Waals surface area contributed by atoms with E-state index in [0.29, 0.717) is 6.54 Å². The molecule has 12 heavy (non-hydrogen) atoms. The zero-order valence-electron chi connectivity index (χ0n) is 7.64. The summed E-state index contributed by atoms with van der Waals surface area (Å²) < 4.78 is 2.42. The van der Waals surface area contributed by atoms with Crippen molar-refractivity contribution >= 4 is 0 Å². The molecule has 1 aromatic rings. The van der Waals surface area contributed by atoms with Gasteiger partial charge in [0, 0.05) is 24.5 Å². The molecule has 2 heterocycles. The van der Waals surface area contributed by atoms with Gasteiger partial charge >= 0.3 is 0 Å². The van der Waals surface area contributed by atoms with Crippen LogP contribution < -0.4 is 5.73 Å². The van der Waals surface area contributed by atoms with E-state index in [1.807, 2.05) is 0 Å². The first-order valence-electron chi connectivity index (χ1n) is 4.71. The molecule has 0 atom stereocenters. The van der Waals surface area contributed by atoms with Gasteiger partial charge in [-0.2, -0.15) is 0 Å². The minimum Gasteiger partial charge on any atom is -0.349 e. The minimum absolute atomic E-state index is 0.698. The van der Waals surface area contributed by atoms with Crippen molar-refractivity contribution in [2.24, 2.45) is 5.73 Å². The van der Waals surface area contributed by atoms with E-state index in [0.717, 1.165) is 0 Å². The van der Waals surface area contributed by atoms with E-state index in [1.165, 1.54) is 42.8 Å². The molecule has 1 aromatic heterocycles. The van der Waals surface area contributed by atoms with E-state index in [1.54, 1.807) is 0 Å². The zero-order valence-corrected chi connectivity index (χ0v) is 7.64. The van der Waals surface area contributed by atoms with Gasteiger partial charge in [0.25, 0.3) is 0 Å². The largest absolute Gasteiger partial charge is 0.349 e. The molecule has 2 nitrogen and oxygen atoms in total. The molecule has 2 N–H and O–H groups in total. The molecule has 0 amide bonds. The third-order valence-corrected chi connectivity index (χ3v) is 2.77. The van der Waals surface area contributed by atoms with Gasteiger partial charge in [0.1, 0.15) is 0 Å². The summed E-state index contributed by atoms with van der Waals surface area (Å²) in [7, 11) is 0. The second kappa shape index (κ2) is 2.94. The van der Waals surface area contributed by atoms with Crippen LogP contribution in [0.1, 0.15) is 29.8 Å². The highest BCUT2D eigenvalue weighted by Crippen LogP contribution is 2.22. The average Bonchev–Trinajstić information content (AvgIpc) is 2.44. The quantitative estimate of drug-likeness (QED) is 0.671. The number of aryl methyl sites for hydroxylation is 1. The predicted octanol–water partition coefficient (Wildman–Crippen LogP) is 1.59. The maximum absolute atomic E-state index is 5.67. The predicted molar refractivity (Wildman–Crippen MR) is 50.0 cm³/mol. The third-order valence-electron chi connectivity index (χ3n) is 2.77. The summed E-state index contributed by atoms with van der Waals surface area (Å²) in [5.41, 5.74) is 9.89. The summed E-state index contributed by atoms with van der Waals surface area (Å²) >= 11 is 0. The van der Waals surface area contributed by atoms with Gasteiger partial charge in [-0.3, -0.25) is 0 Å². The number of fused-ring (bicyclic) bond motifs is 1. The lowest BCUT2D eigenvalue weighted by Gasteiger charge is -2.17. The van der Waals surface area contributed by atoms with Gasteiger partial charge in [-0.15, -0.1) is 0 Å². The number of aromatic nitrogens is 1. The fraction of sp³-hybridized carbons (Fsp3) is 0.600. The lowest BCUT2D eigenvalue weighted by atomic mass is 10.1. The zero-order chi connectivity index (χ0) is 8.55. The van der Waals surface area contributed by atoms with Crippen molar-refractivity contribution in [1.29, 1.82) is 0 Å². The van der Waals surface area contributed by atoms with Gasteiger partial charge in [-0.25, -0.2) is 0 Å². The topological polar surface area (TPSA) is 30.9 Å². The Balaban J connectivity index is 2.47. The molecular weight excluding hydrogens is 148 g/mol. The normalized spacial score (nSPS) is 16.2. The smallest absolute Gasteiger partial charge is 0.0225 e. The van der Waals surface area contributed by atoms with E-state index in [2.05, 4.69) is 17.6 Å². The molecule has 0 saturated carbocycles. The molecule has 0 aliphatic carbocycles. The Morgan fingerprint density at radius 2 is 2.33 bits per heavy atom. The van der Waals surface area contributed by atoms with Crippen LogP contribution in [-0.4, -0.2) is 4.57 Å². The van der Waals surface area contributed by atoms with E-state index < -0.39 is 0 Å². The van der Waals surface area contributed by atoms with Crippen LogP contribution in [0.2, 0.25) is 0 Å². The molecule has 1 aliphatic rings. The Hall–Kier alpha value is -0.760. The van der Waals surface area contributed by atoms with Crippen molar-refractivity contribution in [3.63, 3.8) is 0 Å². The molecule has 2 rings (SSSR count). The standard InChI is InChI=1S/C10H16N2/c1-8-6-9(7-11)10-4-2-3-5-12(8)10/h6H,2-5,7,11H2,1H3. The van der Waals surface area contributed by atoms with Crippen molar-refractivity contribution in [3.8, 4) is 0 Å². The molecule has 0 bridgehead atoms. The molecule has 0 fully saturated rings. The summed E-state index contributed by atoms with van der Waals surface area (Å²) in [4.78, 5) is 0. The number of hydrogen-bond donors (Lipinski definition) is 1. The molecule has 0 unspecified atom stereocenters. The van der Waals surface area contributed by atoms with Crippen LogP contribution in [0.25, 0.3) is 0 Å². The first-order chi connectivity index (χ1) is 5.83. The van der Waals surface area contributed by atoms with E-state index in [4.69, 9.17) is 5.73 Å². The highest BCUT2D eigenvalue weighted by atomic mass is 15.0. The van der Waals surface area contributed by atoms with Gasteiger partial charge in [0.15, 0.2) is 0 Å². The second-order valence-electron chi connectivity index (χ2n) is 3.57. The number of rotatable bonds is 1. The SMILES string of the molecule is Cc1cc(CN)c2n1CCCC2. The molecule has 1 aliphatic heterocycles. The Labute approximate surface area is 73.4 Å². The summed E-state index contributed by atoms with van der Waals surface area (Å²) in [5, 5.41) is 0. The summed E-state index contributed by atoms with van der Waals surface area (Å²) in [5.74, 6) is 0. The number of nitrogens with two attached hydrogens (primary N) is 1. The van der Waals surface area contributed by atoms with Crippen molar-refractivity contribution in [3.05, 3.63) is 23.0 Å². The van der Waals surface area contributed by atoms with E-state index >= 15 is 0 Å². The molecular formula is C10H16N2. The van der Waals surface area contributed by atoms with Gasteiger partial charge < -0.3 is 10.3 Å². The van der Waals surface area contributed by atoms with Crippen molar-refractivity contribution < 1.29 is 0 Å². The summed E-state index contributed by atoms with van der Waals surface area (Å²) in [6.45, 7) is 4.07. The third kappa shape index (κ3) is 1.07. The number of nitrogens with zero attached hydrogens (tertiary/aromatic N) is 1. The van der Waals surface area contributed by atoms with Crippen molar-refractivity contribution in [1.82, 2.24) is 4.57 Å². The summed E-state index contributed by atoms with van der Waals surface area (Å²) in [6.07, 6.45) is 3.88. The van der Waals surface area contributed by atoms with Crippen LogP contribution in [0.4, 0.5) is 0 Å². The highest BCUT2D eigenvalue weighted by Gasteiger charge is 2.14. The summed E-state index contributed by atoms with van der Waals surface area (Å²) in [6, 6.07) is 2.24. The van der Waals surface area contributed by atoms with Gasteiger partial charge in [0.05, 0.1) is 0 Å². The van der Waals surface area contributed by atoms with Crippen LogP contribution in [0, 0.1) is 6.92 Å². The number of hydrogen-bond acceptors (Lipinski definition) is 1. The van der Waals surface area contributed by atoms with Crippen LogP contribution >= 0.6 is 0 Å². The molecule has 66 valence electrons. The molecule has 0 spiro atoms. The lowest BCUT2D eigenvalue weighted by Crippen LogP contribution is -2.12. The monoisotopic (exact) mass is 164 g/mol. The Morgan fingerprint density at radius 1 is 1.50 bits per heavy atom. The van der Waals surface area contributed by atoms with Crippen LogP contribution in [-0.2, 0) is 19.5 Å². The maximum Gasteiger partial charge on any atom is 0.0225 e. The fourth-order valence-electron chi connectivity index (χ4n) is 2.15. The van der Waals surface area contributed by atoms with E-state index in [-0.39, 0.29) is 0 Å². The maximum atomic E-state index is 5.67. The van der Waals surface area contributed by atoms with Gasteiger partial charge in [0.2, 0.25) is 0 Å². The fourth-order valence-corrected chi connectivity index (χ4v) is 2.15. The second-order valence-corrected chi connectivity index (χ2v) is 3.57.